The lowest BCUT2D eigenvalue weighted by atomic mass is 10.0. The van der Waals surface area contributed by atoms with Crippen molar-refractivity contribution in [3.05, 3.63) is 0 Å². The summed E-state index contributed by atoms with van der Waals surface area (Å²) in [6.45, 7) is 9.97. The molecule has 0 radical (unpaired) electrons. The number of amides is 1. The van der Waals surface area contributed by atoms with Gasteiger partial charge in [0.25, 0.3) is 0 Å². The first-order valence-electron chi connectivity index (χ1n) is 7.53. The maximum atomic E-state index is 11.9. The number of alkyl carbamates (subject to hydrolysis) is 1. The Labute approximate surface area is 117 Å². The van der Waals surface area contributed by atoms with Crippen molar-refractivity contribution in [2.24, 2.45) is 0 Å². The molecule has 0 aromatic rings. The molecule has 112 valence electrons. The average Bonchev–Trinajstić information content (AvgIpc) is 2.41. The van der Waals surface area contributed by atoms with Crippen molar-refractivity contribution < 1.29 is 9.53 Å². The van der Waals surface area contributed by atoms with Gasteiger partial charge in [0, 0.05) is 18.1 Å². The fraction of sp³-hybridized carbons (Fsp3) is 0.933. The van der Waals surface area contributed by atoms with E-state index in [-0.39, 0.29) is 12.1 Å². The highest BCUT2D eigenvalue weighted by Crippen LogP contribution is 2.19. The molecule has 2 atom stereocenters. The fourth-order valence-corrected chi connectivity index (χ4v) is 2.57. The van der Waals surface area contributed by atoms with Crippen LogP contribution in [0.25, 0.3) is 0 Å². The number of rotatable bonds is 3. The second kappa shape index (κ2) is 7.13. The van der Waals surface area contributed by atoms with E-state index < -0.39 is 5.60 Å². The third-order valence-electron chi connectivity index (χ3n) is 3.27. The molecule has 19 heavy (non-hydrogen) atoms. The number of hydrogen-bond donors (Lipinski definition) is 2. The van der Waals surface area contributed by atoms with Crippen LogP contribution in [0.2, 0.25) is 0 Å². The van der Waals surface area contributed by atoms with Gasteiger partial charge >= 0.3 is 6.09 Å². The average molecular weight is 270 g/mol. The second-order valence-electron chi connectivity index (χ2n) is 6.82. The summed E-state index contributed by atoms with van der Waals surface area (Å²) in [5.41, 5.74) is -0.435. The SMILES string of the molecule is CC(C)NC1CCCCCC1NC(=O)OC(C)(C)C. The van der Waals surface area contributed by atoms with Gasteiger partial charge in [0.15, 0.2) is 0 Å². The normalized spacial score (nSPS) is 24.9. The van der Waals surface area contributed by atoms with Crippen molar-refractivity contribution in [3.63, 3.8) is 0 Å². The maximum Gasteiger partial charge on any atom is 0.407 e. The third kappa shape index (κ3) is 6.81. The Bertz CT molecular complexity index is 284. The summed E-state index contributed by atoms with van der Waals surface area (Å²) >= 11 is 0. The molecule has 0 aromatic heterocycles. The molecule has 4 heteroatoms. The molecular weight excluding hydrogens is 240 g/mol. The lowest BCUT2D eigenvalue weighted by Crippen LogP contribution is -2.52. The van der Waals surface area contributed by atoms with E-state index in [4.69, 9.17) is 4.74 Å². The Morgan fingerprint density at radius 2 is 1.68 bits per heavy atom. The van der Waals surface area contributed by atoms with Crippen LogP contribution in [-0.2, 0) is 4.74 Å². The minimum atomic E-state index is -0.435. The van der Waals surface area contributed by atoms with Crippen LogP contribution in [0, 0.1) is 0 Å². The van der Waals surface area contributed by atoms with Crippen LogP contribution in [0.5, 0.6) is 0 Å². The van der Waals surface area contributed by atoms with Gasteiger partial charge in [-0.2, -0.15) is 0 Å². The van der Waals surface area contributed by atoms with Crippen LogP contribution in [-0.4, -0.2) is 29.8 Å². The molecule has 0 bridgehead atoms. The van der Waals surface area contributed by atoms with Gasteiger partial charge in [-0.1, -0.05) is 33.1 Å². The number of ether oxygens (including phenoxy) is 1. The zero-order chi connectivity index (χ0) is 14.5. The molecule has 0 aromatic carbocycles. The van der Waals surface area contributed by atoms with Crippen molar-refractivity contribution >= 4 is 6.09 Å². The van der Waals surface area contributed by atoms with Crippen molar-refractivity contribution in [1.82, 2.24) is 10.6 Å². The highest BCUT2D eigenvalue weighted by Gasteiger charge is 2.27. The Hall–Kier alpha value is -0.770. The molecule has 4 nitrogen and oxygen atoms in total. The highest BCUT2D eigenvalue weighted by molar-refractivity contribution is 5.68. The summed E-state index contributed by atoms with van der Waals surface area (Å²) in [6, 6.07) is 0.973. The quantitative estimate of drug-likeness (QED) is 0.774. The fourth-order valence-electron chi connectivity index (χ4n) is 2.57. The predicted molar refractivity (Wildman–Crippen MR) is 78.3 cm³/mol. The topological polar surface area (TPSA) is 50.4 Å². The van der Waals surface area contributed by atoms with Gasteiger partial charge in [0.1, 0.15) is 5.60 Å². The summed E-state index contributed by atoms with van der Waals surface area (Å²) in [4.78, 5) is 11.9. The van der Waals surface area contributed by atoms with Crippen molar-refractivity contribution in [2.75, 3.05) is 0 Å². The van der Waals surface area contributed by atoms with Crippen molar-refractivity contribution in [2.45, 2.75) is 90.4 Å². The Morgan fingerprint density at radius 1 is 1.11 bits per heavy atom. The second-order valence-corrected chi connectivity index (χ2v) is 6.82. The molecule has 0 heterocycles. The zero-order valence-corrected chi connectivity index (χ0v) is 13.1. The van der Waals surface area contributed by atoms with Crippen LogP contribution in [0.15, 0.2) is 0 Å². The molecule has 2 N–H and O–H groups in total. The van der Waals surface area contributed by atoms with E-state index in [1.807, 2.05) is 20.8 Å². The number of carbonyl (C=O) groups excluding carboxylic acids is 1. The third-order valence-corrected chi connectivity index (χ3v) is 3.27. The van der Waals surface area contributed by atoms with Crippen LogP contribution in [0.3, 0.4) is 0 Å². The van der Waals surface area contributed by atoms with Gasteiger partial charge in [-0.3, -0.25) is 0 Å². The van der Waals surface area contributed by atoms with Gasteiger partial charge in [-0.05, 0) is 33.6 Å². The first-order chi connectivity index (χ1) is 8.78. The molecule has 0 saturated heterocycles. The van der Waals surface area contributed by atoms with E-state index in [9.17, 15) is 4.79 Å². The summed E-state index contributed by atoms with van der Waals surface area (Å²) in [7, 11) is 0. The van der Waals surface area contributed by atoms with Crippen molar-refractivity contribution in [3.8, 4) is 0 Å². The lowest BCUT2D eigenvalue weighted by Gasteiger charge is -2.30. The van der Waals surface area contributed by atoms with E-state index >= 15 is 0 Å². The van der Waals surface area contributed by atoms with Gasteiger partial charge in [-0.15, -0.1) is 0 Å². The highest BCUT2D eigenvalue weighted by atomic mass is 16.6. The van der Waals surface area contributed by atoms with E-state index in [0.717, 1.165) is 12.8 Å². The van der Waals surface area contributed by atoms with Crippen LogP contribution < -0.4 is 10.6 Å². The molecule has 0 spiro atoms. The minimum Gasteiger partial charge on any atom is -0.444 e. The predicted octanol–water partition coefficient (Wildman–Crippen LogP) is 3.21. The zero-order valence-electron chi connectivity index (χ0n) is 13.1. The Kier molecular flexibility index (Phi) is 6.11. The van der Waals surface area contributed by atoms with Gasteiger partial charge < -0.3 is 15.4 Å². The number of carbonyl (C=O) groups is 1. The molecule has 1 saturated carbocycles. The summed E-state index contributed by atoms with van der Waals surface area (Å²) in [6.07, 6.45) is 5.52. The van der Waals surface area contributed by atoms with Crippen LogP contribution in [0.1, 0.15) is 66.7 Å². The Balaban J connectivity index is 2.57. The van der Waals surface area contributed by atoms with E-state index in [0.29, 0.717) is 12.1 Å². The number of nitrogens with one attached hydrogen (secondary N) is 2. The standard InChI is InChI=1S/C15H30N2O2/c1-11(2)16-12-9-7-6-8-10-13(12)17-14(18)19-15(3,4)5/h11-13,16H,6-10H2,1-5H3,(H,17,18). The first-order valence-corrected chi connectivity index (χ1v) is 7.53. The minimum absolute atomic E-state index is 0.180. The Morgan fingerprint density at radius 3 is 2.21 bits per heavy atom. The molecule has 1 amide bonds. The van der Waals surface area contributed by atoms with E-state index in [1.54, 1.807) is 0 Å². The van der Waals surface area contributed by atoms with Gasteiger partial charge in [0.2, 0.25) is 0 Å². The van der Waals surface area contributed by atoms with Crippen molar-refractivity contribution in [1.29, 1.82) is 0 Å². The summed E-state index contributed by atoms with van der Waals surface area (Å²) in [5, 5.41) is 6.62. The largest absolute Gasteiger partial charge is 0.444 e. The maximum absolute atomic E-state index is 11.9. The molecule has 0 aliphatic heterocycles. The summed E-state index contributed by atoms with van der Waals surface area (Å²) in [5.74, 6) is 0. The van der Waals surface area contributed by atoms with E-state index in [2.05, 4.69) is 24.5 Å². The molecule has 1 aliphatic carbocycles. The lowest BCUT2D eigenvalue weighted by molar-refractivity contribution is 0.0488. The summed E-state index contributed by atoms with van der Waals surface area (Å²) < 4.78 is 5.36. The molecule has 1 fully saturated rings. The molecular formula is C15H30N2O2. The molecule has 1 aliphatic rings. The first kappa shape index (κ1) is 16.3. The van der Waals surface area contributed by atoms with Gasteiger partial charge in [-0.25, -0.2) is 4.79 Å². The molecule has 1 rings (SSSR count). The van der Waals surface area contributed by atoms with E-state index in [1.165, 1.54) is 19.3 Å². The number of hydrogen-bond acceptors (Lipinski definition) is 3. The smallest absolute Gasteiger partial charge is 0.407 e. The molecule has 2 unspecified atom stereocenters. The van der Waals surface area contributed by atoms with Crippen LogP contribution in [0.4, 0.5) is 4.79 Å². The van der Waals surface area contributed by atoms with Gasteiger partial charge in [0.05, 0.1) is 0 Å². The monoisotopic (exact) mass is 270 g/mol. The van der Waals surface area contributed by atoms with Crippen LogP contribution >= 0.6 is 0 Å².